The summed E-state index contributed by atoms with van der Waals surface area (Å²) in [5.41, 5.74) is 6.92. The largest absolute Gasteiger partial charge is 0.396 e. The first-order valence-corrected chi connectivity index (χ1v) is 9.36. The number of anilines is 1. The summed E-state index contributed by atoms with van der Waals surface area (Å²) in [7, 11) is 0. The minimum atomic E-state index is -0.490. The molecule has 2 aromatic heterocycles. The molecule has 8 heteroatoms. The van der Waals surface area contributed by atoms with Gasteiger partial charge in [-0.05, 0) is 28.8 Å². The Labute approximate surface area is 143 Å². The van der Waals surface area contributed by atoms with Gasteiger partial charge in [-0.3, -0.25) is 9.69 Å². The molecule has 1 amide bonds. The maximum absolute atomic E-state index is 11.2. The Hall–Kier alpha value is -1.48. The Morgan fingerprint density at radius 1 is 1.43 bits per heavy atom. The minimum absolute atomic E-state index is 0.170. The number of nitrogens with zero attached hydrogens (tertiary/aromatic N) is 3. The third kappa shape index (κ3) is 3.89. The number of hydrogen-bond donors (Lipinski definition) is 2. The lowest BCUT2D eigenvalue weighted by atomic mass is 10.1. The van der Waals surface area contributed by atoms with E-state index < -0.39 is 5.91 Å². The van der Waals surface area contributed by atoms with E-state index in [0.717, 1.165) is 37.7 Å². The summed E-state index contributed by atoms with van der Waals surface area (Å²) in [6, 6.07) is 2.42. The summed E-state index contributed by atoms with van der Waals surface area (Å²) < 4.78 is 0. The van der Waals surface area contributed by atoms with Gasteiger partial charge in [-0.2, -0.15) is 11.3 Å². The number of aliphatic hydroxyl groups is 1. The zero-order valence-corrected chi connectivity index (χ0v) is 14.4. The summed E-state index contributed by atoms with van der Waals surface area (Å²) in [5, 5.41) is 16.2. The van der Waals surface area contributed by atoms with E-state index in [9.17, 15) is 9.90 Å². The second-order valence-corrected chi connectivity index (χ2v) is 7.21. The zero-order valence-electron chi connectivity index (χ0n) is 12.7. The normalized spacial score (nSPS) is 19.2. The van der Waals surface area contributed by atoms with Crippen LogP contribution in [-0.2, 0) is 6.54 Å². The molecule has 23 heavy (non-hydrogen) atoms. The topological polar surface area (TPSA) is 82.7 Å². The van der Waals surface area contributed by atoms with E-state index >= 15 is 0 Å². The summed E-state index contributed by atoms with van der Waals surface area (Å²) in [5.74, 6) is -0.490. The van der Waals surface area contributed by atoms with Gasteiger partial charge in [0.25, 0.3) is 5.91 Å². The molecule has 1 saturated heterocycles. The lowest BCUT2D eigenvalue weighted by Gasteiger charge is -2.41. The van der Waals surface area contributed by atoms with Crippen molar-refractivity contribution in [2.45, 2.75) is 19.0 Å². The molecule has 3 heterocycles. The highest BCUT2D eigenvalue weighted by Crippen LogP contribution is 2.25. The van der Waals surface area contributed by atoms with Crippen LogP contribution in [0, 0.1) is 0 Å². The van der Waals surface area contributed by atoms with Crippen molar-refractivity contribution in [3.63, 3.8) is 0 Å². The Balaban J connectivity index is 1.68. The van der Waals surface area contributed by atoms with Gasteiger partial charge in [0.1, 0.15) is 5.69 Å². The zero-order chi connectivity index (χ0) is 16.2. The highest BCUT2D eigenvalue weighted by Gasteiger charge is 2.28. The van der Waals surface area contributed by atoms with E-state index in [1.54, 1.807) is 16.7 Å². The third-order valence-electron chi connectivity index (χ3n) is 4.05. The van der Waals surface area contributed by atoms with Crippen molar-refractivity contribution in [3.8, 4) is 0 Å². The number of nitrogens with two attached hydrogens (primary N) is 1. The molecule has 1 aliphatic rings. The molecule has 0 aliphatic carbocycles. The lowest BCUT2D eigenvalue weighted by molar-refractivity contribution is 0.0996. The molecule has 0 radical (unpaired) electrons. The Morgan fingerprint density at radius 2 is 2.30 bits per heavy atom. The number of carbonyl (C=O) groups excluding carboxylic acids is 1. The van der Waals surface area contributed by atoms with Gasteiger partial charge < -0.3 is 15.7 Å². The SMILES string of the molecule is NC(=O)c1csc(N2CCN(Cc3ccsc3)[C@H](CCO)C2)n1. The first-order chi connectivity index (χ1) is 11.2. The number of thiazole rings is 1. The smallest absolute Gasteiger partial charge is 0.268 e. The molecule has 1 fully saturated rings. The number of aliphatic hydroxyl groups excluding tert-OH is 1. The molecule has 6 nitrogen and oxygen atoms in total. The van der Waals surface area contributed by atoms with Gasteiger partial charge in [0.2, 0.25) is 0 Å². The van der Waals surface area contributed by atoms with E-state index in [1.165, 1.54) is 16.9 Å². The molecule has 1 atom stereocenters. The van der Waals surface area contributed by atoms with Crippen LogP contribution in [0.15, 0.2) is 22.2 Å². The molecule has 2 aromatic rings. The van der Waals surface area contributed by atoms with Crippen LogP contribution in [0.1, 0.15) is 22.5 Å². The van der Waals surface area contributed by atoms with Gasteiger partial charge >= 0.3 is 0 Å². The van der Waals surface area contributed by atoms with Crippen molar-refractivity contribution in [1.82, 2.24) is 9.88 Å². The monoisotopic (exact) mass is 352 g/mol. The average Bonchev–Trinajstić information content (AvgIpc) is 3.20. The third-order valence-corrected chi connectivity index (χ3v) is 5.68. The highest BCUT2D eigenvalue weighted by molar-refractivity contribution is 7.14. The van der Waals surface area contributed by atoms with Crippen molar-refractivity contribution < 1.29 is 9.90 Å². The first kappa shape index (κ1) is 16.4. The molecular formula is C15H20N4O2S2. The Bertz CT molecular complexity index is 644. The van der Waals surface area contributed by atoms with Gasteiger partial charge in [0.05, 0.1) is 0 Å². The molecule has 0 unspecified atom stereocenters. The highest BCUT2D eigenvalue weighted by atomic mass is 32.1. The van der Waals surface area contributed by atoms with Gasteiger partial charge in [-0.1, -0.05) is 0 Å². The number of aromatic nitrogens is 1. The summed E-state index contributed by atoms with van der Waals surface area (Å²) in [4.78, 5) is 20.1. The standard InChI is InChI=1S/C15H20N4O2S2/c16-14(21)13-10-23-15(17-13)19-4-3-18(12(8-19)1-5-20)7-11-2-6-22-9-11/h2,6,9-10,12,20H,1,3-5,7-8H2,(H2,16,21)/t12-/m1/s1. The summed E-state index contributed by atoms with van der Waals surface area (Å²) >= 11 is 3.15. The van der Waals surface area contributed by atoms with Crippen molar-refractivity contribution in [1.29, 1.82) is 0 Å². The van der Waals surface area contributed by atoms with Gasteiger partial charge in [-0.15, -0.1) is 11.3 Å². The van der Waals surface area contributed by atoms with E-state index in [2.05, 4.69) is 31.6 Å². The predicted octanol–water partition coefficient (Wildman–Crippen LogP) is 1.38. The fourth-order valence-corrected chi connectivity index (χ4v) is 4.35. The summed E-state index contributed by atoms with van der Waals surface area (Å²) in [6.45, 7) is 3.65. The van der Waals surface area contributed by atoms with Crippen LogP contribution in [0.5, 0.6) is 0 Å². The number of hydrogen-bond acceptors (Lipinski definition) is 7. The molecular weight excluding hydrogens is 332 g/mol. The second kappa shape index (κ2) is 7.39. The molecule has 124 valence electrons. The van der Waals surface area contributed by atoms with Crippen molar-refractivity contribution >= 4 is 33.7 Å². The van der Waals surface area contributed by atoms with Crippen molar-refractivity contribution in [2.75, 3.05) is 31.1 Å². The van der Waals surface area contributed by atoms with Crippen molar-refractivity contribution in [2.24, 2.45) is 5.73 Å². The predicted molar refractivity (Wildman–Crippen MR) is 93.1 cm³/mol. The molecule has 0 bridgehead atoms. The van der Waals surface area contributed by atoms with Crippen LogP contribution >= 0.6 is 22.7 Å². The van der Waals surface area contributed by atoms with E-state index in [0.29, 0.717) is 5.69 Å². The molecule has 3 N–H and O–H groups in total. The maximum Gasteiger partial charge on any atom is 0.268 e. The fourth-order valence-electron chi connectivity index (χ4n) is 2.84. The molecule has 0 spiro atoms. The molecule has 0 aromatic carbocycles. The number of rotatable bonds is 6. The van der Waals surface area contributed by atoms with Crippen LogP contribution in [0.4, 0.5) is 5.13 Å². The Kier molecular flexibility index (Phi) is 5.27. The van der Waals surface area contributed by atoms with Gasteiger partial charge in [0, 0.05) is 44.2 Å². The Morgan fingerprint density at radius 3 is 2.96 bits per heavy atom. The van der Waals surface area contributed by atoms with Crippen LogP contribution in [0.3, 0.4) is 0 Å². The number of thiophene rings is 1. The summed E-state index contributed by atoms with van der Waals surface area (Å²) in [6.07, 6.45) is 0.731. The minimum Gasteiger partial charge on any atom is -0.396 e. The van der Waals surface area contributed by atoms with Gasteiger partial charge in [-0.25, -0.2) is 4.98 Å². The van der Waals surface area contributed by atoms with E-state index in [4.69, 9.17) is 5.73 Å². The second-order valence-electron chi connectivity index (χ2n) is 5.59. The average molecular weight is 352 g/mol. The molecule has 0 saturated carbocycles. The van der Waals surface area contributed by atoms with Gasteiger partial charge in [0.15, 0.2) is 5.13 Å². The quantitative estimate of drug-likeness (QED) is 0.821. The molecule has 3 rings (SSSR count). The van der Waals surface area contributed by atoms with Crippen LogP contribution in [0.2, 0.25) is 0 Å². The number of primary amides is 1. The van der Waals surface area contributed by atoms with Crippen LogP contribution < -0.4 is 10.6 Å². The number of amides is 1. The van der Waals surface area contributed by atoms with E-state index in [-0.39, 0.29) is 12.6 Å². The van der Waals surface area contributed by atoms with Crippen molar-refractivity contribution in [3.05, 3.63) is 33.5 Å². The number of piperazine rings is 1. The lowest BCUT2D eigenvalue weighted by Crippen LogP contribution is -2.53. The fraction of sp³-hybridized carbons (Fsp3) is 0.467. The van der Waals surface area contributed by atoms with E-state index in [1.807, 2.05) is 0 Å². The molecule has 1 aliphatic heterocycles. The maximum atomic E-state index is 11.2. The first-order valence-electron chi connectivity index (χ1n) is 7.53. The number of carbonyl (C=O) groups is 1. The van der Waals surface area contributed by atoms with Crippen LogP contribution in [-0.4, -0.2) is 53.2 Å². The van der Waals surface area contributed by atoms with Crippen LogP contribution in [0.25, 0.3) is 0 Å².